The molecule has 2 rings (SSSR count). The Hall–Kier alpha value is -0.235. The van der Waals surface area contributed by atoms with Crippen molar-refractivity contribution < 1.29 is 58.2 Å². The van der Waals surface area contributed by atoms with Crippen LogP contribution in [0.15, 0.2) is 66.4 Å². The molecule has 0 unspecified atom stereocenters. The van der Waals surface area contributed by atoms with E-state index in [1.54, 1.807) is 0 Å². The predicted octanol–water partition coefficient (Wildman–Crippen LogP) is 1.10. The van der Waals surface area contributed by atoms with Crippen molar-refractivity contribution >= 4 is 5.57 Å². The molecule has 0 aliphatic carbocycles. The Kier molecular flexibility index (Phi) is 6.95. The second-order valence-electron chi connectivity index (χ2n) is 3.48. The molecule has 2 aromatic carbocycles. The second kappa shape index (κ2) is 7.97. The topological polar surface area (TPSA) is 0 Å². The molecule has 0 aliphatic rings. The fourth-order valence-electron chi connectivity index (χ4n) is 1.65. The van der Waals surface area contributed by atoms with Crippen LogP contribution in [0.4, 0.5) is 0 Å². The fraction of sp³-hybridized carbons (Fsp3) is 0.0625. The van der Waals surface area contributed by atoms with E-state index in [1.807, 2.05) is 43.3 Å². The number of allylic oxidation sites excluding steroid dienone is 1. The minimum Gasteiger partial charge on any atom is -0.323 e. The van der Waals surface area contributed by atoms with Crippen LogP contribution in [-0.4, -0.2) is 0 Å². The molecular weight excluding hydrogens is 278 g/mol. The van der Waals surface area contributed by atoms with Crippen molar-refractivity contribution in [2.45, 2.75) is 6.92 Å². The van der Waals surface area contributed by atoms with Crippen molar-refractivity contribution in [3.05, 3.63) is 83.6 Å². The number of rotatable bonds is 2. The molecule has 17 heavy (non-hydrogen) atoms. The Morgan fingerprint density at radius 2 is 1.24 bits per heavy atom. The largest absolute Gasteiger partial charge is 1.00 e. The molecule has 0 aromatic heterocycles. The van der Waals surface area contributed by atoms with Crippen molar-refractivity contribution in [2.24, 2.45) is 0 Å². The van der Waals surface area contributed by atoms with Gasteiger partial charge in [-0.15, -0.1) is 12.5 Å². The van der Waals surface area contributed by atoms with Crippen LogP contribution in [0, 0.1) is 6.08 Å². The van der Waals surface area contributed by atoms with Crippen LogP contribution in [-0.2, 0) is 0 Å². The zero-order chi connectivity index (χ0) is 11.2. The quantitative estimate of drug-likeness (QED) is 0.574. The minimum absolute atomic E-state index is 0. The maximum absolute atomic E-state index is 3.18. The van der Waals surface area contributed by atoms with E-state index >= 15 is 0 Å². The van der Waals surface area contributed by atoms with Gasteiger partial charge in [-0.2, -0.15) is 0 Å². The van der Waals surface area contributed by atoms with E-state index in [-0.39, 0.29) is 58.2 Å². The Balaban J connectivity index is 0.00000144. The minimum atomic E-state index is 0. The molecule has 0 aliphatic heterocycles. The van der Waals surface area contributed by atoms with Gasteiger partial charge >= 0.3 is 58.2 Å². The summed E-state index contributed by atoms with van der Waals surface area (Å²) in [6.07, 6.45) is 2.98. The van der Waals surface area contributed by atoms with Gasteiger partial charge in [0, 0.05) is 0 Å². The molecule has 0 saturated carbocycles. The first-order valence-electron chi connectivity index (χ1n) is 5.32. The molecule has 1 heteroatoms. The summed E-state index contributed by atoms with van der Waals surface area (Å²) in [5, 5.41) is 0. The average molecular weight is 291 g/mol. The van der Waals surface area contributed by atoms with Gasteiger partial charge in [0.1, 0.15) is 0 Å². The van der Waals surface area contributed by atoms with E-state index in [9.17, 15) is 0 Å². The summed E-state index contributed by atoms with van der Waals surface area (Å²) >= 11 is 0. The van der Waals surface area contributed by atoms with Crippen molar-refractivity contribution in [3.63, 3.8) is 0 Å². The maximum atomic E-state index is 3.18. The van der Waals surface area contributed by atoms with E-state index in [1.165, 1.54) is 11.1 Å². The van der Waals surface area contributed by atoms with Crippen LogP contribution < -0.4 is 58.2 Å². The molecule has 0 heterocycles. The fourth-order valence-corrected chi connectivity index (χ4v) is 1.65. The van der Waals surface area contributed by atoms with Gasteiger partial charge in [-0.25, -0.2) is 6.08 Å². The van der Waals surface area contributed by atoms with Crippen molar-refractivity contribution in [1.29, 1.82) is 0 Å². The average Bonchev–Trinajstić information content (AvgIpc) is 2.38. The molecule has 0 radical (unpaired) electrons. The van der Waals surface area contributed by atoms with Gasteiger partial charge in [-0.1, -0.05) is 71.8 Å². The molecule has 0 spiro atoms. The van der Waals surface area contributed by atoms with Gasteiger partial charge in [-0.05, 0) is 0 Å². The number of benzene rings is 2. The van der Waals surface area contributed by atoms with Crippen LogP contribution in [0.3, 0.4) is 0 Å². The summed E-state index contributed by atoms with van der Waals surface area (Å²) in [7, 11) is 0. The Bertz CT molecular complexity index is 464. The zero-order valence-corrected chi connectivity index (χ0v) is 15.2. The Morgan fingerprint density at radius 1 is 0.824 bits per heavy atom. The first-order chi connectivity index (χ1) is 7.92. The van der Waals surface area contributed by atoms with Crippen molar-refractivity contribution in [2.75, 3.05) is 0 Å². The van der Waals surface area contributed by atoms with Gasteiger partial charge in [0.15, 0.2) is 0 Å². The Labute approximate surface area is 152 Å². The SMILES string of the molecule is C[C-]=C=C(c1ccccc1)c1ccccc1.[Rb+]. The van der Waals surface area contributed by atoms with Crippen LogP contribution in [0.1, 0.15) is 18.1 Å². The molecule has 0 amide bonds. The molecular formula is C16H13Rb. The first kappa shape index (κ1) is 14.8. The van der Waals surface area contributed by atoms with Gasteiger partial charge < -0.3 is 5.73 Å². The molecule has 0 bridgehead atoms. The molecule has 0 saturated heterocycles. The van der Waals surface area contributed by atoms with Crippen LogP contribution in [0.5, 0.6) is 0 Å². The van der Waals surface area contributed by atoms with Gasteiger partial charge in [0.05, 0.1) is 0 Å². The van der Waals surface area contributed by atoms with Crippen molar-refractivity contribution in [1.82, 2.24) is 0 Å². The third kappa shape index (κ3) is 4.17. The molecule has 2 aromatic rings. The normalized spacial score (nSPS) is 8.76. The molecule has 0 nitrogen and oxygen atoms in total. The number of hydrogen-bond acceptors (Lipinski definition) is 0. The van der Waals surface area contributed by atoms with Crippen LogP contribution in [0.25, 0.3) is 5.57 Å². The van der Waals surface area contributed by atoms with Gasteiger partial charge in [0.25, 0.3) is 0 Å². The maximum Gasteiger partial charge on any atom is 1.00 e. The third-order valence-corrected chi connectivity index (χ3v) is 2.37. The zero-order valence-electron chi connectivity index (χ0n) is 10.3. The van der Waals surface area contributed by atoms with Crippen molar-refractivity contribution in [3.8, 4) is 0 Å². The van der Waals surface area contributed by atoms with E-state index < -0.39 is 0 Å². The van der Waals surface area contributed by atoms with Gasteiger partial charge in [-0.3, -0.25) is 0 Å². The third-order valence-electron chi connectivity index (χ3n) is 2.37. The molecule has 0 fully saturated rings. The molecule has 0 N–H and O–H groups in total. The van der Waals surface area contributed by atoms with Crippen LogP contribution in [0.2, 0.25) is 0 Å². The monoisotopic (exact) mass is 290 g/mol. The second-order valence-corrected chi connectivity index (χ2v) is 3.48. The predicted molar refractivity (Wildman–Crippen MR) is 67.8 cm³/mol. The smallest absolute Gasteiger partial charge is 0.323 e. The molecule has 78 valence electrons. The molecule has 0 atom stereocenters. The summed E-state index contributed by atoms with van der Waals surface area (Å²) in [6.45, 7) is 1.87. The summed E-state index contributed by atoms with van der Waals surface area (Å²) in [6, 6.07) is 20.5. The van der Waals surface area contributed by atoms with Crippen LogP contribution >= 0.6 is 0 Å². The van der Waals surface area contributed by atoms with E-state index in [2.05, 4.69) is 36.1 Å². The van der Waals surface area contributed by atoms with Gasteiger partial charge in [0.2, 0.25) is 0 Å². The first-order valence-corrected chi connectivity index (χ1v) is 5.32. The van der Waals surface area contributed by atoms with E-state index in [0.29, 0.717) is 0 Å². The van der Waals surface area contributed by atoms with E-state index in [0.717, 1.165) is 5.57 Å². The summed E-state index contributed by atoms with van der Waals surface area (Å²) in [5.74, 6) is 0. The standard InChI is InChI=1S/C16H13.Rb/c1-2-9-16(14-10-5-3-6-11-14)15-12-7-4-8-13-15;/h3-8,10-13H,1H3;/q-1;+1. The Morgan fingerprint density at radius 3 is 1.59 bits per heavy atom. The summed E-state index contributed by atoms with van der Waals surface area (Å²) in [4.78, 5) is 0. The number of hydrogen-bond donors (Lipinski definition) is 0. The van der Waals surface area contributed by atoms with E-state index in [4.69, 9.17) is 0 Å². The summed E-state index contributed by atoms with van der Waals surface area (Å²) < 4.78 is 0. The summed E-state index contributed by atoms with van der Waals surface area (Å²) in [5.41, 5.74) is 6.61.